The van der Waals surface area contributed by atoms with E-state index in [9.17, 15) is 0 Å². The Morgan fingerprint density at radius 3 is 2.62 bits per heavy atom. The molecular formula is C12H18BrN3. The first-order valence-corrected chi connectivity index (χ1v) is 6.13. The Bertz CT molecular complexity index is 413. The molecule has 1 N–H and O–H groups in total. The molecule has 0 aromatic carbocycles. The summed E-state index contributed by atoms with van der Waals surface area (Å²) in [6, 6.07) is 0. The van der Waals surface area contributed by atoms with E-state index in [-0.39, 0.29) is 5.54 Å². The molecule has 0 bridgehead atoms. The second kappa shape index (κ2) is 5.03. The van der Waals surface area contributed by atoms with Gasteiger partial charge in [-0.2, -0.15) is 5.10 Å². The lowest BCUT2D eigenvalue weighted by atomic mass is 10.1. The molecule has 0 amide bonds. The standard InChI is InChI=1S/C12H18BrN3/c1-6-9-11(13)10(16(5)15-9)8-14-12(3,4)7-2/h2,14H,6,8H2,1,3-5H3. The van der Waals surface area contributed by atoms with E-state index in [2.05, 4.69) is 39.2 Å². The fraction of sp³-hybridized carbons (Fsp3) is 0.583. The van der Waals surface area contributed by atoms with Crippen molar-refractivity contribution >= 4 is 15.9 Å². The van der Waals surface area contributed by atoms with Crippen molar-refractivity contribution in [2.24, 2.45) is 7.05 Å². The van der Waals surface area contributed by atoms with Crippen LogP contribution in [-0.2, 0) is 20.0 Å². The summed E-state index contributed by atoms with van der Waals surface area (Å²) in [4.78, 5) is 0. The van der Waals surface area contributed by atoms with Gasteiger partial charge in [-0.3, -0.25) is 10.00 Å². The van der Waals surface area contributed by atoms with Gasteiger partial charge in [0, 0.05) is 13.6 Å². The topological polar surface area (TPSA) is 29.9 Å². The third kappa shape index (κ3) is 2.87. The zero-order chi connectivity index (χ0) is 12.3. The van der Waals surface area contributed by atoms with Crippen LogP contribution in [0.3, 0.4) is 0 Å². The van der Waals surface area contributed by atoms with Crippen molar-refractivity contribution < 1.29 is 0 Å². The highest BCUT2D eigenvalue weighted by molar-refractivity contribution is 9.10. The van der Waals surface area contributed by atoms with Crippen molar-refractivity contribution in [3.8, 4) is 12.3 Å². The first-order chi connectivity index (χ1) is 7.41. The minimum absolute atomic E-state index is 0.296. The normalized spacial score (nSPS) is 11.5. The van der Waals surface area contributed by atoms with Crippen molar-refractivity contribution in [1.29, 1.82) is 0 Å². The number of nitrogens with zero attached hydrogens (tertiary/aromatic N) is 2. The molecule has 0 aliphatic carbocycles. The third-order valence-electron chi connectivity index (χ3n) is 2.56. The van der Waals surface area contributed by atoms with Gasteiger partial charge in [-0.05, 0) is 36.2 Å². The maximum absolute atomic E-state index is 5.43. The lowest BCUT2D eigenvalue weighted by Crippen LogP contribution is -2.37. The minimum atomic E-state index is -0.296. The second-order valence-corrected chi connectivity index (χ2v) is 5.10. The Balaban J connectivity index is 2.83. The molecule has 0 fully saturated rings. The van der Waals surface area contributed by atoms with Crippen LogP contribution in [0.25, 0.3) is 0 Å². The number of terminal acetylenes is 1. The molecule has 3 nitrogen and oxygen atoms in total. The molecule has 0 spiro atoms. The highest BCUT2D eigenvalue weighted by Crippen LogP contribution is 2.21. The summed E-state index contributed by atoms with van der Waals surface area (Å²) in [6.45, 7) is 6.77. The highest BCUT2D eigenvalue weighted by Gasteiger charge is 2.17. The van der Waals surface area contributed by atoms with Gasteiger partial charge in [0.2, 0.25) is 0 Å². The van der Waals surface area contributed by atoms with Gasteiger partial charge < -0.3 is 0 Å². The molecule has 0 unspecified atom stereocenters. The van der Waals surface area contributed by atoms with E-state index in [1.807, 2.05) is 25.6 Å². The Morgan fingerprint density at radius 2 is 2.19 bits per heavy atom. The van der Waals surface area contributed by atoms with Crippen molar-refractivity contribution in [1.82, 2.24) is 15.1 Å². The van der Waals surface area contributed by atoms with Gasteiger partial charge in [0.05, 0.1) is 21.4 Å². The fourth-order valence-electron chi connectivity index (χ4n) is 1.37. The van der Waals surface area contributed by atoms with Gasteiger partial charge in [-0.25, -0.2) is 0 Å². The molecule has 0 aliphatic heterocycles. The van der Waals surface area contributed by atoms with Crippen LogP contribution >= 0.6 is 15.9 Å². The molecule has 0 saturated carbocycles. The number of rotatable bonds is 4. The van der Waals surface area contributed by atoms with Crippen molar-refractivity contribution in [3.05, 3.63) is 15.9 Å². The van der Waals surface area contributed by atoms with Gasteiger partial charge in [0.25, 0.3) is 0 Å². The maximum Gasteiger partial charge on any atom is 0.0767 e. The molecule has 0 saturated heterocycles. The number of aryl methyl sites for hydroxylation is 2. The number of hydrogen-bond acceptors (Lipinski definition) is 2. The van der Waals surface area contributed by atoms with Crippen LogP contribution in [0.5, 0.6) is 0 Å². The molecule has 0 aliphatic rings. The van der Waals surface area contributed by atoms with Crippen LogP contribution in [0.2, 0.25) is 0 Å². The van der Waals surface area contributed by atoms with Crippen LogP contribution in [0.1, 0.15) is 32.2 Å². The number of halogens is 1. The van der Waals surface area contributed by atoms with Crippen LogP contribution in [0, 0.1) is 12.3 Å². The lowest BCUT2D eigenvalue weighted by molar-refractivity contribution is 0.476. The van der Waals surface area contributed by atoms with E-state index < -0.39 is 0 Å². The van der Waals surface area contributed by atoms with Gasteiger partial charge in [0.1, 0.15) is 0 Å². The highest BCUT2D eigenvalue weighted by atomic mass is 79.9. The van der Waals surface area contributed by atoms with E-state index in [0.717, 1.165) is 22.3 Å². The van der Waals surface area contributed by atoms with E-state index in [4.69, 9.17) is 6.42 Å². The first kappa shape index (κ1) is 13.3. The smallest absolute Gasteiger partial charge is 0.0767 e. The Hall–Kier alpha value is -0.790. The Morgan fingerprint density at radius 1 is 1.56 bits per heavy atom. The number of hydrogen-bond donors (Lipinski definition) is 1. The van der Waals surface area contributed by atoms with Crippen LogP contribution in [0.4, 0.5) is 0 Å². The summed E-state index contributed by atoms with van der Waals surface area (Å²) in [5.41, 5.74) is 1.91. The van der Waals surface area contributed by atoms with E-state index in [1.54, 1.807) is 0 Å². The molecular weight excluding hydrogens is 266 g/mol. The van der Waals surface area contributed by atoms with E-state index in [0.29, 0.717) is 6.54 Å². The molecule has 0 radical (unpaired) electrons. The monoisotopic (exact) mass is 283 g/mol. The second-order valence-electron chi connectivity index (χ2n) is 4.31. The first-order valence-electron chi connectivity index (χ1n) is 5.34. The minimum Gasteiger partial charge on any atom is -0.296 e. The molecule has 88 valence electrons. The van der Waals surface area contributed by atoms with Gasteiger partial charge in [-0.15, -0.1) is 6.42 Å². The third-order valence-corrected chi connectivity index (χ3v) is 3.48. The summed E-state index contributed by atoms with van der Waals surface area (Å²) in [5, 5.41) is 7.75. The Kier molecular flexibility index (Phi) is 4.17. The molecule has 4 heteroatoms. The van der Waals surface area contributed by atoms with E-state index in [1.165, 1.54) is 0 Å². The molecule has 1 aromatic heterocycles. The number of nitrogens with one attached hydrogen (secondary N) is 1. The van der Waals surface area contributed by atoms with Crippen molar-refractivity contribution in [2.45, 2.75) is 39.3 Å². The Labute approximate surface area is 106 Å². The average Bonchev–Trinajstić information content (AvgIpc) is 2.51. The quantitative estimate of drug-likeness (QED) is 0.859. The van der Waals surface area contributed by atoms with Crippen LogP contribution in [0.15, 0.2) is 4.47 Å². The number of aromatic nitrogens is 2. The van der Waals surface area contributed by atoms with Crippen molar-refractivity contribution in [3.63, 3.8) is 0 Å². The van der Waals surface area contributed by atoms with Gasteiger partial charge in [-0.1, -0.05) is 12.8 Å². The largest absolute Gasteiger partial charge is 0.296 e. The summed E-state index contributed by atoms with van der Waals surface area (Å²) < 4.78 is 2.97. The van der Waals surface area contributed by atoms with Gasteiger partial charge >= 0.3 is 0 Å². The summed E-state index contributed by atoms with van der Waals surface area (Å²) >= 11 is 3.58. The van der Waals surface area contributed by atoms with E-state index >= 15 is 0 Å². The molecule has 16 heavy (non-hydrogen) atoms. The average molecular weight is 284 g/mol. The fourth-order valence-corrected chi connectivity index (χ4v) is 2.12. The predicted molar refractivity (Wildman–Crippen MR) is 70.0 cm³/mol. The molecule has 1 heterocycles. The lowest BCUT2D eigenvalue weighted by Gasteiger charge is -2.19. The van der Waals surface area contributed by atoms with Crippen LogP contribution < -0.4 is 5.32 Å². The van der Waals surface area contributed by atoms with Crippen LogP contribution in [-0.4, -0.2) is 15.3 Å². The van der Waals surface area contributed by atoms with Crippen molar-refractivity contribution in [2.75, 3.05) is 0 Å². The zero-order valence-corrected chi connectivity index (χ0v) is 11.8. The molecule has 0 atom stereocenters. The SMILES string of the molecule is C#CC(C)(C)NCc1c(Br)c(CC)nn1C. The summed E-state index contributed by atoms with van der Waals surface area (Å²) in [7, 11) is 1.95. The molecule has 1 aromatic rings. The molecule has 1 rings (SSSR count). The zero-order valence-electron chi connectivity index (χ0n) is 10.3. The predicted octanol–water partition coefficient (Wildman–Crippen LogP) is 2.25. The summed E-state index contributed by atoms with van der Waals surface area (Å²) in [6.07, 6.45) is 6.35. The maximum atomic E-state index is 5.43. The van der Waals surface area contributed by atoms with Gasteiger partial charge in [0.15, 0.2) is 0 Å². The summed E-state index contributed by atoms with van der Waals surface area (Å²) in [5.74, 6) is 2.72.